The summed E-state index contributed by atoms with van der Waals surface area (Å²) in [5.74, 6) is -0.0846. The molecule has 0 aliphatic carbocycles. The summed E-state index contributed by atoms with van der Waals surface area (Å²) in [5, 5.41) is 12.9. The number of aliphatic hydroxyl groups is 1. The van der Waals surface area contributed by atoms with E-state index in [-0.39, 0.29) is 52.9 Å². The third kappa shape index (κ3) is 17.4. The SMILES string of the molecule is C=CCO[C@@H]1O[C@H](C(=O)OCc2ccccc2)[C@H](O[C@@H]2O[C@@H](C)[C@H](OCc3ccccc3)[C@@H](OCc3ccccc3)[C@H]2O[C@@H]2O[C@@H](C)[C@H](OCc3ccccc3)[C@@H](OCc3ccc(OC)cc3)[C@H]2O)[C@H](OCc2ccccc2)[C@H]1OCc1ccccc1. The van der Waals surface area contributed by atoms with Crippen molar-refractivity contribution in [2.75, 3.05) is 13.7 Å². The second-order valence-corrected chi connectivity index (χ2v) is 21.7. The van der Waals surface area contributed by atoms with E-state index < -0.39 is 98.1 Å². The fourth-order valence-corrected chi connectivity index (χ4v) is 10.8. The van der Waals surface area contributed by atoms with Crippen LogP contribution in [-0.2, 0) is 113 Å². The predicted octanol–water partition coefficient (Wildman–Crippen LogP) is 10.8. The summed E-state index contributed by atoms with van der Waals surface area (Å²) < 4.78 is 94.4. The summed E-state index contributed by atoms with van der Waals surface area (Å²) in [6.07, 6.45) is -15.6. The van der Waals surface area contributed by atoms with Crippen molar-refractivity contribution in [1.29, 1.82) is 0 Å². The lowest BCUT2D eigenvalue weighted by molar-refractivity contribution is -0.393. The van der Waals surface area contributed by atoms with Gasteiger partial charge in [-0.15, -0.1) is 6.58 Å². The number of aliphatic hydroxyl groups excluding tert-OH is 1. The molecule has 3 saturated heterocycles. The van der Waals surface area contributed by atoms with Crippen LogP contribution in [0.15, 0.2) is 219 Å². The van der Waals surface area contributed by atoms with Gasteiger partial charge in [0.05, 0.1) is 65.6 Å². The van der Waals surface area contributed by atoms with E-state index in [0.717, 1.165) is 38.9 Å². The summed E-state index contributed by atoms with van der Waals surface area (Å²) in [6, 6.07) is 65.4. The Hall–Kier alpha value is -6.97. The molecule has 3 fully saturated rings. The lowest BCUT2D eigenvalue weighted by atomic mass is 9.95. The molecular formula is C71H78O16. The Morgan fingerprint density at radius 3 is 1.20 bits per heavy atom. The Balaban J connectivity index is 1.05. The zero-order valence-corrected chi connectivity index (χ0v) is 49.3. The standard InChI is InChI=1S/C71H78O16/c1-5-40-75-70-66(81-45-54-32-20-10-21-33-54)63(80-44-53-30-18-9-19-31-53)64(65(86-70)68(73)82-47-55-34-22-11-23-35-55)85-71-67(62(79-43-52-28-16-8-17-29-52)60(49(3)84-71)77-42-51-26-14-7-15-27-51)87-69-58(72)61(78-46-56-36-38-57(74-4)39-37-56)59(48(2)83-69)76-41-50-24-12-6-13-25-50/h5-39,48-49,58-67,69-72H,1,40-47H2,2-4H3/t48-,49-,58+,59-,60-,61-,62+,63-,64+,65-,66+,67+,69-,70+,71-/m0/s1. The summed E-state index contributed by atoms with van der Waals surface area (Å²) in [4.78, 5) is 15.1. The Morgan fingerprint density at radius 1 is 0.402 bits per heavy atom. The molecule has 0 bridgehead atoms. The van der Waals surface area contributed by atoms with Crippen molar-refractivity contribution >= 4 is 5.97 Å². The number of benzene rings is 7. The van der Waals surface area contributed by atoms with E-state index >= 15 is 4.79 Å². The quantitative estimate of drug-likeness (QED) is 0.0347. The van der Waals surface area contributed by atoms with Crippen LogP contribution in [0.4, 0.5) is 0 Å². The smallest absolute Gasteiger partial charge is 0.338 e. The number of esters is 1. The van der Waals surface area contributed by atoms with Gasteiger partial charge in [0.15, 0.2) is 25.0 Å². The van der Waals surface area contributed by atoms with E-state index in [9.17, 15) is 5.11 Å². The maximum absolute atomic E-state index is 15.1. The van der Waals surface area contributed by atoms with Crippen molar-refractivity contribution in [1.82, 2.24) is 0 Å². The molecule has 15 atom stereocenters. The van der Waals surface area contributed by atoms with E-state index in [1.807, 2.05) is 220 Å². The molecule has 1 N–H and O–H groups in total. The maximum Gasteiger partial charge on any atom is 0.338 e. The van der Waals surface area contributed by atoms with Gasteiger partial charge in [-0.25, -0.2) is 4.79 Å². The minimum absolute atomic E-state index is 0.0354. The zero-order valence-electron chi connectivity index (χ0n) is 49.3. The lowest BCUT2D eigenvalue weighted by Crippen LogP contribution is -2.67. The topological polar surface area (TPSA) is 167 Å². The zero-order chi connectivity index (χ0) is 60.2. The predicted molar refractivity (Wildman–Crippen MR) is 322 cm³/mol. The van der Waals surface area contributed by atoms with Crippen molar-refractivity contribution in [2.45, 2.75) is 152 Å². The average molecular weight is 1190 g/mol. The second kappa shape index (κ2) is 32.3. The molecule has 7 aromatic carbocycles. The molecule has 16 nitrogen and oxygen atoms in total. The van der Waals surface area contributed by atoms with Gasteiger partial charge in [-0.3, -0.25) is 0 Å². The molecule has 0 amide bonds. The van der Waals surface area contributed by atoms with Gasteiger partial charge in [0.1, 0.15) is 67.3 Å². The van der Waals surface area contributed by atoms with Crippen LogP contribution in [0.5, 0.6) is 5.75 Å². The molecule has 3 aliphatic heterocycles. The first-order chi connectivity index (χ1) is 42.7. The number of carbonyl (C=O) groups is 1. The van der Waals surface area contributed by atoms with Crippen LogP contribution >= 0.6 is 0 Å². The number of rotatable bonds is 29. The molecule has 0 unspecified atom stereocenters. The van der Waals surface area contributed by atoms with Crippen molar-refractivity contribution in [3.63, 3.8) is 0 Å². The molecule has 458 valence electrons. The van der Waals surface area contributed by atoms with Gasteiger partial charge in [-0.2, -0.15) is 0 Å². The molecule has 16 heteroatoms. The molecule has 0 saturated carbocycles. The van der Waals surface area contributed by atoms with Gasteiger partial charge < -0.3 is 71.4 Å². The summed E-state index contributed by atoms with van der Waals surface area (Å²) >= 11 is 0. The molecule has 7 aromatic rings. The van der Waals surface area contributed by atoms with E-state index in [1.54, 1.807) is 13.2 Å². The van der Waals surface area contributed by atoms with Crippen molar-refractivity contribution in [3.05, 3.63) is 258 Å². The molecule has 0 spiro atoms. The number of hydrogen-bond acceptors (Lipinski definition) is 16. The van der Waals surface area contributed by atoms with Crippen molar-refractivity contribution < 1.29 is 76.2 Å². The van der Waals surface area contributed by atoms with Gasteiger partial charge in [0.2, 0.25) is 0 Å². The van der Waals surface area contributed by atoms with Gasteiger partial charge in [0.25, 0.3) is 0 Å². The number of hydrogen-bond donors (Lipinski definition) is 1. The van der Waals surface area contributed by atoms with Gasteiger partial charge in [-0.1, -0.05) is 200 Å². The van der Waals surface area contributed by atoms with Gasteiger partial charge in [-0.05, 0) is 64.9 Å². The van der Waals surface area contributed by atoms with Gasteiger partial charge >= 0.3 is 5.97 Å². The highest BCUT2D eigenvalue weighted by Crippen LogP contribution is 2.39. The van der Waals surface area contributed by atoms with E-state index in [1.165, 1.54) is 0 Å². The highest BCUT2D eigenvalue weighted by molar-refractivity contribution is 5.76. The van der Waals surface area contributed by atoms with Crippen LogP contribution in [0, 0.1) is 0 Å². The Morgan fingerprint density at radius 2 is 0.759 bits per heavy atom. The molecule has 87 heavy (non-hydrogen) atoms. The summed E-state index contributed by atoms with van der Waals surface area (Å²) in [6.45, 7) is 8.33. The van der Waals surface area contributed by atoms with Crippen molar-refractivity contribution in [3.8, 4) is 5.75 Å². The molecule has 3 aliphatic rings. The highest BCUT2D eigenvalue weighted by atomic mass is 16.8. The number of methoxy groups -OCH3 is 1. The fraction of sp³-hybridized carbons (Fsp3) is 0.366. The van der Waals surface area contributed by atoms with E-state index in [0.29, 0.717) is 5.75 Å². The van der Waals surface area contributed by atoms with E-state index in [2.05, 4.69) is 6.58 Å². The Bertz CT molecular complexity index is 3090. The highest BCUT2D eigenvalue weighted by Gasteiger charge is 2.57. The largest absolute Gasteiger partial charge is 0.497 e. The third-order valence-electron chi connectivity index (χ3n) is 15.4. The third-order valence-corrected chi connectivity index (χ3v) is 15.4. The Kier molecular flexibility index (Phi) is 23.4. The molecular weight excluding hydrogens is 1110 g/mol. The van der Waals surface area contributed by atoms with Crippen LogP contribution in [-0.4, -0.2) is 117 Å². The number of ether oxygens (including phenoxy) is 14. The first-order valence-corrected chi connectivity index (χ1v) is 29.6. The molecule has 3 heterocycles. The summed E-state index contributed by atoms with van der Waals surface area (Å²) in [5.41, 5.74) is 5.97. The lowest BCUT2D eigenvalue weighted by Gasteiger charge is -2.51. The fourth-order valence-electron chi connectivity index (χ4n) is 10.8. The first-order valence-electron chi connectivity index (χ1n) is 29.6. The maximum atomic E-state index is 15.1. The van der Waals surface area contributed by atoms with Crippen LogP contribution < -0.4 is 4.74 Å². The normalized spacial score (nSPS) is 27.2. The van der Waals surface area contributed by atoms with Crippen LogP contribution in [0.3, 0.4) is 0 Å². The van der Waals surface area contributed by atoms with Crippen LogP contribution in [0.25, 0.3) is 0 Å². The minimum Gasteiger partial charge on any atom is -0.497 e. The number of carbonyl (C=O) groups excluding carboxylic acids is 1. The van der Waals surface area contributed by atoms with Crippen molar-refractivity contribution in [2.24, 2.45) is 0 Å². The van der Waals surface area contributed by atoms with E-state index in [4.69, 9.17) is 66.3 Å². The van der Waals surface area contributed by atoms with Crippen LogP contribution in [0.1, 0.15) is 52.8 Å². The summed E-state index contributed by atoms with van der Waals surface area (Å²) in [7, 11) is 1.61. The molecule has 10 rings (SSSR count). The minimum atomic E-state index is -1.54. The molecule has 0 radical (unpaired) electrons. The second-order valence-electron chi connectivity index (χ2n) is 21.7. The monoisotopic (exact) mass is 1190 g/mol. The van der Waals surface area contributed by atoms with Gasteiger partial charge in [0, 0.05) is 0 Å². The molecule has 0 aromatic heterocycles. The Labute approximate surface area is 509 Å². The van der Waals surface area contributed by atoms with Crippen LogP contribution in [0.2, 0.25) is 0 Å². The average Bonchev–Trinajstić information content (AvgIpc) is 1.76. The first kappa shape index (κ1) is 63.1.